The van der Waals surface area contributed by atoms with Gasteiger partial charge in [0.2, 0.25) is 0 Å². The molecule has 2 unspecified atom stereocenters. The number of allylic oxidation sites excluding steroid dienone is 5. The molecule has 0 saturated heterocycles. The Kier molecular flexibility index (Phi) is 7.22. The molecule has 1 aliphatic heterocycles. The summed E-state index contributed by atoms with van der Waals surface area (Å²) >= 11 is 0. The lowest BCUT2D eigenvalue weighted by Crippen LogP contribution is -2.34. The van der Waals surface area contributed by atoms with Crippen LogP contribution in [0, 0.1) is 5.92 Å². The maximum Gasteiger partial charge on any atom is 0.126 e. The van der Waals surface area contributed by atoms with Crippen LogP contribution in [0.1, 0.15) is 60.4 Å². The molecule has 0 bridgehead atoms. The molecule has 3 aromatic rings. The zero-order chi connectivity index (χ0) is 26.8. The van der Waals surface area contributed by atoms with Crippen molar-refractivity contribution in [3.8, 4) is 5.75 Å². The lowest BCUT2D eigenvalue weighted by atomic mass is 9.77. The second-order valence-electron chi connectivity index (χ2n) is 10.9. The van der Waals surface area contributed by atoms with Crippen LogP contribution < -0.4 is 15.2 Å². The summed E-state index contributed by atoms with van der Waals surface area (Å²) in [4.78, 5) is 0. The van der Waals surface area contributed by atoms with Crippen LogP contribution in [0.25, 0.3) is 29.9 Å². The number of para-hydroxylation sites is 1. The van der Waals surface area contributed by atoms with E-state index in [1.807, 2.05) is 30.3 Å². The standard InChI is InChI=1S/C28H28O.C9H8O/c1-18-14-20-9-12-26-25-11-8-21(24-7-5-4-6-23(24)17-29-3)16-22(25)10-13-27(26)28(20)15-19(18)2;1-2-6-9-8(4-1)5-3-7-10-9/h4-9,11-15,19,21H,10,16-17H2,1-3H3;1-6H,7H2. The minimum Gasteiger partial charge on any atom is -0.489 e. The first-order chi connectivity index (χ1) is 19.1. The van der Waals surface area contributed by atoms with E-state index < -0.39 is 0 Å². The lowest BCUT2D eigenvalue weighted by Gasteiger charge is -2.27. The van der Waals surface area contributed by atoms with Gasteiger partial charge in [0.05, 0.1) is 6.61 Å². The highest BCUT2D eigenvalue weighted by Gasteiger charge is 2.23. The van der Waals surface area contributed by atoms with E-state index in [0.717, 1.165) is 18.6 Å². The Balaban J connectivity index is 0.000000231. The first-order valence-corrected chi connectivity index (χ1v) is 14.0. The van der Waals surface area contributed by atoms with Gasteiger partial charge in [-0.25, -0.2) is 0 Å². The van der Waals surface area contributed by atoms with E-state index in [2.05, 4.69) is 86.7 Å². The molecule has 0 radical (unpaired) electrons. The Hall–Kier alpha value is -3.88. The van der Waals surface area contributed by atoms with E-state index in [-0.39, 0.29) is 0 Å². The predicted octanol–water partition coefficient (Wildman–Crippen LogP) is 7.44. The zero-order valence-electron chi connectivity index (χ0n) is 23.1. The van der Waals surface area contributed by atoms with Crippen LogP contribution in [0.4, 0.5) is 0 Å². The Morgan fingerprint density at radius 1 is 0.923 bits per heavy atom. The van der Waals surface area contributed by atoms with Crippen LogP contribution in [0.5, 0.6) is 5.75 Å². The summed E-state index contributed by atoms with van der Waals surface area (Å²) in [5.74, 6) is 1.94. The molecule has 0 fully saturated rings. The molecular formula is C37H36O2. The Morgan fingerprint density at radius 3 is 2.64 bits per heavy atom. The summed E-state index contributed by atoms with van der Waals surface area (Å²) in [5, 5.41) is 2.85. The first-order valence-electron chi connectivity index (χ1n) is 14.0. The molecule has 3 aliphatic carbocycles. The van der Waals surface area contributed by atoms with Crippen LogP contribution in [0.2, 0.25) is 0 Å². The summed E-state index contributed by atoms with van der Waals surface area (Å²) in [6.45, 7) is 5.91. The molecule has 4 aliphatic rings. The van der Waals surface area contributed by atoms with Crippen LogP contribution >= 0.6 is 0 Å². The second-order valence-corrected chi connectivity index (χ2v) is 10.9. The number of hydrogen-bond donors (Lipinski definition) is 0. The van der Waals surface area contributed by atoms with Gasteiger partial charge in [-0.1, -0.05) is 109 Å². The van der Waals surface area contributed by atoms with Gasteiger partial charge < -0.3 is 9.47 Å². The average Bonchev–Trinajstić information content (AvgIpc) is 2.98. The van der Waals surface area contributed by atoms with Crippen molar-refractivity contribution in [2.24, 2.45) is 5.92 Å². The number of fused-ring (bicyclic) bond motifs is 5. The van der Waals surface area contributed by atoms with Gasteiger partial charge in [0.25, 0.3) is 0 Å². The third-order valence-corrected chi connectivity index (χ3v) is 8.33. The highest BCUT2D eigenvalue weighted by Crippen LogP contribution is 2.39. The number of hydrogen-bond acceptors (Lipinski definition) is 2. The fourth-order valence-corrected chi connectivity index (χ4v) is 6.11. The lowest BCUT2D eigenvalue weighted by molar-refractivity contribution is 0.184. The predicted molar refractivity (Wildman–Crippen MR) is 164 cm³/mol. The van der Waals surface area contributed by atoms with Crippen molar-refractivity contribution in [3.05, 3.63) is 128 Å². The number of methoxy groups -OCH3 is 1. The highest BCUT2D eigenvalue weighted by molar-refractivity contribution is 5.83. The largest absolute Gasteiger partial charge is 0.489 e. The van der Waals surface area contributed by atoms with Crippen LogP contribution in [-0.4, -0.2) is 13.7 Å². The zero-order valence-corrected chi connectivity index (χ0v) is 23.1. The summed E-state index contributed by atoms with van der Waals surface area (Å²) in [6.07, 6.45) is 18.3. The fourth-order valence-electron chi connectivity index (χ4n) is 6.11. The third-order valence-electron chi connectivity index (χ3n) is 8.33. The van der Waals surface area contributed by atoms with E-state index in [9.17, 15) is 0 Å². The smallest absolute Gasteiger partial charge is 0.126 e. The normalized spacial score (nSPS) is 20.0. The minimum atomic E-state index is 0.435. The van der Waals surface area contributed by atoms with Crippen molar-refractivity contribution in [3.63, 3.8) is 0 Å². The molecule has 0 saturated carbocycles. The van der Waals surface area contributed by atoms with Gasteiger partial charge in [-0.15, -0.1) is 0 Å². The molecule has 39 heavy (non-hydrogen) atoms. The first kappa shape index (κ1) is 25.4. The van der Waals surface area contributed by atoms with E-state index in [4.69, 9.17) is 9.47 Å². The summed E-state index contributed by atoms with van der Waals surface area (Å²) in [6, 6.07) is 21.4. The number of rotatable bonds is 3. The van der Waals surface area contributed by atoms with Crippen molar-refractivity contribution >= 4 is 29.9 Å². The van der Waals surface area contributed by atoms with E-state index in [1.165, 1.54) is 49.4 Å². The van der Waals surface area contributed by atoms with Gasteiger partial charge in [0.15, 0.2) is 0 Å². The quantitative estimate of drug-likeness (QED) is 0.363. The van der Waals surface area contributed by atoms with Gasteiger partial charge in [0, 0.05) is 18.6 Å². The Labute approximate surface area is 232 Å². The van der Waals surface area contributed by atoms with Gasteiger partial charge in [-0.05, 0) is 76.1 Å². The Bertz CT molecular complexity index is 1650. The average molecular weight is 513 g/mol. The molecule has 2 nitrogen and oxygen atoms in total. The van der Waals surface area contributed by atoms with Crippen molar-refractivity contribution in [1.29, 1.82) is 0 Å². The molecular weight excluding hydrogens is 476 g/mol. The molecule has 0 amide bonds. The molecule has 7 rings (SSSR count). The Morgan fingerprint density at radius 2 is 1.77 bits per heavy atom. The molecule has 1 heterocycles. The van der Waals surface area contributed by atoms with E-state index >= 15 is 0 Å². The van der Waals surface area contributed by atoms with E-state index in [1.54, 1.807) is 12.7 Å². The monoisotopic (exact) mass is 512 g/mol. The second kappa shape index (κ2) is 11.1. The molecule has 2 atom stereocenters. The molecule has 0 spiro atoms. The number of benzene rings is 3. The van der Waals surface area contributed by atoms with E-state index in [0.29, 0.717) is 25.0 Å². The number of ether oxygens (including phenoxy) is 2. The van der Waals surface area contributed by atoms with Gasteiger partial charge in [-0.3, -0.25) is 0 Å². The van der Waals surface area contributed by atoms with Gasteiger partial charge in [0.1, 0.15) is 12.4 Å². The SMILES string of the molecule is C1=Cc2ccccc2OC1.COCc1ccccc1C1C=CC2=C(CC=c3c2ccc2c3=CC(C)C(C)=C2)C1. The fraction of sp³-hybridized carbons (Fsp3) is 0.243. The summed E-state index contributed by atoms with van der Waals surface area (Å²) in [7, 11) is 1.77. The van der Waals surface area contributed by atoms with Crippen molar-refractivity contribution in [1.82, 2.24) is 0 Å². The van der Waals surface area contributed by atoms with Crippen LogP contribution in [0.3, 0.4) is 0 Å². The maximum atomic E-state index is 5.43. The molecule has 2 heteroatoms. The van der Waals surface area contributed by atoms with Crippen molar-refractivity contribution < 1.29 is 9.47 Å². The third kappa shape index (κ3) is 5.10. The van der Waals surface area contributed by atoms with Crippen molar-refractivity contribution in [2.75, 3.05) is 13.7 Å². The minimum absolute atomic E-state index is 0.435. The molecule has 0 N–H and O–H groups in total. The van der Waals surface area contributed by atoms with Gasteiger partial charge in [-0.2, -0.15) is 0 Å². The highest BCUT2D eigenvalue weighted by atomic mass is 16.5. The summed E-state index contributed by atoms with van der Waals surface area (Å²) in [5.41, 5.74) is 11.1. The molecule has 3 aromatic carbocycles. The topological polar surface area (TPSA) is 18.5 Å². The maximum absolute atomic E-state index is 5.43. The summed E-state index contributed by atoms with van der Waals surface area (Å²) < 4.78 is 10.8. The van der Waals surface area contributed by atoms with Crippen LogP contribution in [0.15, 0.2) is 90.0 Å². The molecule has 0 aromatic heterocycles. The van der Waals surface area contributed by atoms with Crippen molar-refractivity contribution in [2.45, 2.75) is 39.2 Å². The molecule has 196 valence electrons. The van der Waals surface area contributed by atoms with Gasteiger partial charge >= 0.3 is 0 Å². The van der Waals surface area contributed by atoms with Crippen LogP contribution in [-0.2, 0) is 11.3 Å².